The lowest BCUT2D eigenvalue weighted by Crippen LogP contribution is -2.37. The van der Waals surface area contributed by atoms with Crippen molar-refractivity contribution in [3.8, 4) is 0 Å². The van der Waals surface area contributed by atoms with E-state index in [1.54, 1.807) is 6.92 Å². The maximum atomic E-state index is 12.0. The van der Waals surface area contributed by atoms with Gasteiger partial charge in [0.15, 0.2) is 0 Å². The van der Waals surface area contributed by atoms with Crippen LogP contribution in [0.5, 0.6) is 0 Å². The molecule has 0 aromatic heterocycles. The summed E-state index contributed by atoms with van der Waals surface area (Å²) < 4.78 is 26.8. The lowest BCUT2D eigenvalue weighted by atomic mass is 10.2. The maximum absolute atomic E-state index is 12.0. The van der Waals surface area contributed by atoms with E-state index in [1.165, 1.54) is 12.1 Å². The van der Waals surface area contributed by atoms with Crippen LogP contribution in [0.1, 0.15) is 23.7 Å². The zero-order chi connectivity index (χ0) is 14.6. The van der Waals surface area contributed by atoms with E-state index in [1.807, 2.05) is 22.6 Å². The van der Waals surface area contributed by atoms with Crippen molar-refractivity contribution in [2.24, 2.45) is 0 Å². The van der Waals surface area contributed by atoms with E-state index in [4.69, 9.17) is 10.2 Å². The van der Waals surface area contributed by atoms with Gasteiger partial charge in [-0.15, -0.1) is 0 Å². The Morgan fingerprint density at radius 3 is 2.58 bits per heavy atom. The van der Waals surface area contributed by atoms with Gasteiger partial charge >= 0.3 is 5.97 Å². The molecule has 0 fully saturated rings. The number of aliphatic hydroxyl groups excluding tert-OH is 1. The van der Waals surface area contributed by atoms with Gasteiger partial charge in [-0.2, -0.15) is 0 Å². The molecule has 1 atom stereocenters. The highest BCUT2D eigenvalue weighted by Crippen LogP contribution is 2.18. The number of nitrogens with one attached hydrogen (secondary N) is 1. The Hall–Kier alpha value is -0.710. The molecule has 0 heterocycles. The summed E-state index contributed by atoms with van der Waals surface area (Å²) in [6, 6.07) is 3.29. The van der Waals surface area contributed by atoms with Crippen LogP contribution in [-0.2, 0) is 10.0 Å². The molecule has 1 aromatic rings. The number of hydrogen-bond donors (Lipinski definition) is 3. The standard InChI is InChI=1S/C11H14INO5S/c1-2-7(6-14)13-19(17,18)8-3-4-10(12)9(5-8)11(15)16/h3-5,7,13-14H,2,6H2,1H3,(H,15,16). The highest BCUT2D eigenvalue weighted by atomic mass is 127. The molecule has 0 saturated carbocycles. The van der Waals surface area contributed by atoms with Crippen molar-refractivity contribution in [1.82, 2.24) is 4.72 Å². The second-order valence-corrected chi connectivity index (χ2v) is 6.73. The van der Waals surface area contributed by atoms with Crippen LogP contribution < -0.4 is 4.72 Å². The van der Waals surface area contributed by atoms with Gasteiger partial charge in [0, 0.05) is 9.61 Å². The zero-order valence-corrected chi connectivity index (χ0v) is 13.1. The Morgan fingerprint density at radius 2 is 2.11 bits per heavy atom. The summed E-state index contributed by atoms with van der Waals surface area (Å²) in [5, 5.41) is 18.0. The van der Waals surface area contributed by atoms with Gasteiger partial charge in [0.2, 0.25) is 10.0 Å². The fraction of sp³-hybridized carbons (Fsp3) is 0.364. The molecule has 1 unspecified atom stereocenters. The molecular weight excluding hydrogens is 385 g/mol. The largest absolute Gasteiger partial charge is 0.478 e. The molecular formula is C11H14INO5S. The fourth-order valence-electron chi connectivity index (χ4n) is 1.37. The van der Waals surface area contributed by atoms with Gasteiger partial charge in [-0.25, -0.2) is 17.9 Å². The average molecular weight is 399 g/mol. The van der Waals surface area contributed by atoms with Crippen LogP contribution in [0.4, 0.5) is 0 Å². The normalized spacial score (nSPS) is 13.2. The third kappa shape index (κ3) is 4.13. The Morgan fingerprint density at radius 1 is 1.47 bits per heavy atom. The summed E-state index contributed by atoms with van der Waals surface area (Å²) in [7, 11) is -3.83. The molecule has 1 rings (SSSR count). The second kappa shape index (κ2) is 6.64. The highest BCUT2D eigenvalue weighted by molar-refractivity contribution is 14.1. The van der Waals surface area contributed by atoms with Crippen molar-refractivity contribution < 1.29 is 23.4 Å². The molecule has 3 N–H and O–H groups in total. The molecule has 106 valence electrons. The van der Waals surface area contributed by atoms with Crippen molar-refractivity contribution in [1.29, 1.82) is 0 Å². The molecule has 0 aliphatic carbocycles. The van der Waals surface area contributed by atoms with E-state index in [9.17, 15) is 13.2 Å². The topological polar surface area (TPSA) is 104 Å². The molecule has 0 spiro atoms. The van der Waals surface area contributed by atoms with Crippen LogP contribution in [0.25, 0.3) is 0 Å². The molecule has 0 amide bonds. The summed E-state index contributed by atoms with van der Waals surface area (Å²) in [4.78, 5) is 10.8. The number of carboxylic acids is 1. The Labute approximate surface area is 125 Å². The summed E-state index contributed by atoms with van der Waals surface area (Å²) in [5.41, 5.74) is -0.0690. The van der Waals surface area contributed by atoms with Crippen LogP contribution in [0.2, 0.25) is 0 Å². The molecule has 0 saturated heterocycles. The second-order valence-electron chi connectivity index (χ2n) is 3.86. The van der Waals surface area contributed by atoms with Gasteiger partial charge in [0.1, 0.15) is 0 Å². The van der Waals surface area contributed by atoms with Crippen LogP contribution in [0.3, 0.4) is 0 Å². The number of benzene rings is 1. The van der Waals surface area contributed by atoms with Gasteiger partial charge in [-0.1, -0.05) is 6.92 Å². The van der Waals surface area contributed by atoms with E-state index in [-0.39, 0.29) is 17.1 Å². The number of rotatable bonds is 6. The Balaban J connectivity index is 3.15. The lowest BCUT2D eigenvalue weighted by molar-refractivity contribution is 0.0695. The number of hydrogen-bond acceptors (Lipinski definition) is 4. The van der Waals surface area contributed by atoms with E-state index >= 15 is 0 Å². The minimum atomic E-state index is -3.83. The van der Waals surface area contributed by atoms with E-state index in [0.717, 1.165) is 6.07 Å². The van der Waals surface area contributed by atoms with Crippen molar-refractivity contribution in [3.05, 3.63) is 27.3 Å². The summed E-state index contributed by atoms with van der Waals surface area (Å²) in [6.45, 7) is 1.42. The van der Waals surface area contributed by atoms with E-state index < -0.39 is 22.0 Å². The fourth-order valence-corrected chi connectivity index (χ4v) is 3.28. The molecule has 0 aliphatic rings. The SMILES string of the molecule is CCC(CO)NS(=O)(=O)c1ccc(I)c(C(=O)O)c1. The van der Waals surface area contributed by atoms with Gasteiger partial charge in [0.05, 0.1) is 17.1 Å². The van der Waals surface area contributed by atoms with Gasteiger partial charge in [0.25, 0.3) is 0 Å². The van der Waals surface area contributed by atoms with Gasteiger partial charge < -0.3 is 10.2 Å². The van der Waals surface area contributed by atoms with Crippen molar-refractivity contribution in [3.63, 3.8) is 0 Å². The number of sulfonamides is 1. The third-order valence-corrected chi connectivity index (χ3v) is 4.97. The quantitative estimate of drug-likeness (QED) is 0.621. The number of halogens is 1. The maximum Gasteiger partial charge on any atom is 0.336 e. The minimum absolute atomic E-state index is 0.0690. The van der Waals surface area contributed by atoms with Crippen LogP contribution in [-0.4, -0.2) is 37.2 Å². The molecule has 0 bridgehead atoms. The van der Waals surface area contributed by atoms with Gasteiger partial charge in [-0.3, -0.25) is 0 Å². The van der Waals surface area contributed by atoms with Crippen LogP contribution in [0, 0.1) is 3.57 Å². The predicted molar refractivity (Wildman–Crippen MR) is 77.6 cm³/mol. The molecule has 1 aromatic carbocycles. The van der Waals surface area contributed by atoms with Crippen LogP contribution >= 0.6 is 22.6 Å². The summed E-state index contributed by atoms with van der Waals surface area (Å²) >= 11 is 1.82. The molecule has 6 nitrogen and oxygen atoms in total. The smallest absolute Gasteiger partial charge is 0.336 e. The molecule has 0 aliphatic heterocycles. The first kappa shape index (κ1) is 16.3. The van der Waals surface area contributed by atoms with E-state index in [0.29, 0.717) is 9.99 Å². The monoisotopic (exact) mass is 399 g/mol. The number of aromatic carboxylic acids is 1. The minimum Gasteiger partial charge on any atom is -0.478 e. The summed E-state index contributed by atoms with van der Waals surface area (Å²) in [5.74, 6) is -1.18. The van der Waals surface area contributed by atoms with Crippen molar-refractivity contribution in [2.75, 3.05) is 6.61 Å². The Bertz CT molecular complexity index is 568. The predicted octanol–water partition coefficient (Wildman–Crippen LogP) is 1.04. The lowest BCUT2D eigenvalue weighted by Gasteiger charge is -2.14. The number of aliphatic hydroxyl groups is 1. The molecule has 0 radical (unpaired) electrons. The first-order valence-electron chi connectivity index (χ1n) is 5.47. The summed E-state index contributed by atoms with van der Waals surface area (Å²) in [6.07, 6.45) is 0.436. The van der Waals surface area contributed by atoms with Crippen LogP contribution in [0.15, 0.2) is 23.1 Å². The highest BCUT2D eigenvalue weighted by Gasteiger charge is 2.21. The first-order valence-corrected chi connectivity index (χ1v) is 8.04. The third-order valence-electron chi connectivity index (χ3n) is 2.51. The number of carbonyl (C=O) groups is 1. The van der Waals surface area contributed by atoms with E-state index in [2.05, 4.69) is 4.72 Å². The van der Waals surface area contributed by atoms with Gasteiger partial charge in [-0.05, 0) is 47.2 Å². The van der Waals surface area contributed by atoms with Crippen molar-refractivity contribution in [2.45, 2.75) is 24.3 Å². The zero-order valence-electron chi connectivity index (χ0n) is 10.1. The molecule has 19 heavy (non-hydrogen) atoms. The number of carboxylic acid groups (broad SMARTS) is 1. The first-order chi connectivity index (χ1) is 8.81. The average Bonchev–Trinajstić information content (AvgIpc) is 2.35. The van der Waals surface area contributed by atoms with Crippen molar-refractivity contribution >= 4 is 38.6 Å². The Kier molecular flexibility index (Phi) is 5.71. The molecule has 8 heteroatoms.